The molecule has 0 N–H and O–H groups in total. The molecule has 54 valence electrons. The molecule has 0 fully saturated rings. The molecule has 0 aliphatic heterocycles. The maximum atomic E-state index is 5.06. The lowest BCUT2D eigenvalue weighted by Crippen LogP contribution is -1.74. The molecular formula is C8H10S2. The maximum Gasteiger partial charge on any atom is 0.0185 e. The van der Waals surface area contributed by atoms with Crippen molar-refractivity contribution >= 4 is 21.6 Å². The zero-order chi connectivity index (χ0) is 7.66. The molecule has 0 spiro atoms. The van der Waals surface area contributed by atoms with Gasteiger partial charge in [0.25, 0.3) is 0 Å². The van der Waals surface area contributed by atoms with E-state index in [-0.39, 0.29) is 0 Å². The number of rotatable bonds is 5. The van der Waals surface area contributed by atoms with Crippen LogP contribution in [0.5, 0.6) is 0 Å². The van der Waals surface area contributed by atoms with Gasteiger partial charge in [-0.25, -0.2) is 0 Å². The molecule has 0 rings (SSSR count). The largest absolute Gasteiger partial charge is 0.120 e. The molecule has 0 amide bonds. The van der Waals surface area contributed by atoms with Crippen molar-refractivity contribution in [3.63, 3.8) is 0 Å². The average Bonchev–Trinajstić information content (AvgIpc) is 1.97. The minimum atomic E-state index is 0.855. The molecule has 0 heterocycles. The fraction of sp³-hybridized carbons (Fsp3) is 0.500. The summed E-state index contributed by atoms with van der Waals surface area (Å²) in [4.78, 5) is 0. The predicted octanol–water partition coefficient (Wildman–Crippen LogP) is 2.41. The van der Waals surface area contributed by atoms with Crippen LogP contribution in [-0.2, 0) is 0 Å². The highest BCUT2D eigenvalue weighted by molar-refractivity contribution is 8.76. The van der Waals surface area contributed by atoms with Gasteiger partial charge in [0.1, 0.15) is 0 Å². The molecule has 0 atom stereocenters. The molecule has 0 aliphatic carbocycles. The normalized spacial score (nSPS) is 8.20. The molecule has 0 bridgehead atoms. The molecule has 0 unspecified atom stereocenters. The van der Waals surface area contributed by atoms with Gasteiger partial charge in [0.2, 0.25) is 0 Å². The third kappa shape index (κ3) is 7.82. The van der Waals surface area contributed by atoms with Gasteiger partial charge in [0, 0.05) is 24.3 Å². The van der Waals surface area contributed by atoms with Crippen molar-refractivity contribution in [3.05, 3.63) is 0 Å². The second-order valence-corrected chi connectivity index (χ2v) is 4.25. The van der Waals surface area contributed by atoms with E-state index in [9.17, 15) is 0 Å². The van der Waals surface area contributed by atoms with Crippen LogP contribution >= 0.6 is 21.6 Å². The van der Waals surface area contributed by atoms with E-state index in [1.54, 1.807) is 21.6 Å². The Hall–Kier alpha value is -0.180. The lowest BCUT2D eigenvalue weighted by atomic mass is 10.5. The maximum absolute atomic E-state index is 5.06. The van der Waals surface area contributed by atoms with E-state index >= 15 is 0 Å². The van der Waals surface area contributed by atoms with Gasteiger partial charge in [-0.3, -0.25) is 0 Å². The Bertz CT molecular complexity index is 120. The standard InChI is InChI=1S/C8H10S2/c1-3-5-7-9-10-8-6-4-2/h1-2H,5-8H2. The Morgan fingerprint density at radius 3 is 1.60 bits per heavy atom. The van der Waals surface area contributed by atoms with Crippen molar-refractivity contribution in [3.8, 4) is 24.7 Å². The van der Waals surface area contributed by atoms with E-state index in [1.165, 1.54) is 0 Å². The minimum absolute atomic E-state index is 0.855. The third-order valence-corrected chi connectivity index (χ3v) is 3.15. The molecule has 0 saturated heterocycles. The summed E-state index contributed by atoms with van der Waals surface area (Å²) in [6.07, 6.45) is 11.8. The van der Waals surface area contributed by atoms with Crippen LogP contribution in [-0.4, -0.2) is 11.5 Å². The SMILES string of the molecule is C#CCCSSCCC#C. The first kappa shape index (κ1) is 9.82. The van der Waals surface area contributed by atoms with Crippen LogP contribution in [0, 0.1) is 24.7 Å². The molecule has 0 aromatic heterocycles. The van der Waals surface area contributed by atoms with E-state index in [4.69, 9.17) is 12.8 Å². The summed E-state index contributed by atoms with van der Waals surface area (Å²) >= 11 is 0. The van der Waals surface area contributed by atoms with Crippen LogP contribution in [0.25, 0.3) is 0 Å². The molecule has 0 saturated carbocycles. The summed E-state index contributed by atoms with van der Waals surface area (Å²) in [7, 11) is 3.59. The summed E-state index contributed by atoms with van der Waals surface area (Å²) in [5, 5.41) is 0. The summed E-state index contributed by atoms with van der Waals surface area (Å²) in [6, 6.07) is 0. The van der Waals surface area contributed by atoms with E-state index < -0.39 is 0 Å². The monoisotopic (exact) mass is 170 g/mol. The fourth-order valence-electron chi connectivity index (χ4n) is 0.319. The summed E-state index contributed by atoms with van der Waals surface area (Å²) in [5.41, 5.74) is 0. The Morgan fingerprint density at radius 2 is 1.30 bits per heavy atom. The number of hydrogen-bond acceptors (Lipinski definition) is 2. The van der Waals surface area contributed by atoms with E-state index in [0.29, 0.717) is 0 Å². The molecule has 2 heteroatoms. The summed E-state index contributed by atoms with van der Waals surface area (Å²) < 4.78 is 0. The van der Waals surface area contributed by atoms with Crippen LogP contribution in [0.2, 0.25) is 0 Å². The van der Waals surface area contributed by atoms with Crippen LogP contribution in [0.3, 0.4) is 0 Å². The smallest absolute Gasteiger partial charge is 0.0185 e. The van der Waals surface area contributed by atoms with Gasteiger partial charge in [-0.2, -0.15) is 0 Å². The fourth-order valence-corrected chi connectivity index (χ4v) is 2.16. The van der Waals surface area contributed by atoms with Gasteiger partial charge in [0.05, 0.1) is 0 Å². The molecular weight excluding hydrogens is 160 g/mol. The summed E-state index contributed by atoms with van der Waals surface area (Å²) in [5.74, 6) is 7.24. The van der Waals surface area contributed by atoms with Crippen molar-refractivity contribution in [2.45, 2.75) is 12.8 Å². The number of hydrogen-bond donors (Lipinski definition) is 0. The van der Waals surface area contributed by atoms with Crippen molar-refractivity contribution in [1.82, 2.24) is 0 Å². The van der Waals surface area contributed by atoms with Crippen LogP contribution in [0.15, 0.2) is 0 Å². The Kier molecular flexibility index (Phi) is 8.66. The predicted molar refractivity (Wildman–Crippen MR) is 51.8 cm³/mol. The number of terminal acetylenes is 2. The topological polar surface area (TPSA) is 0 Å². The Morgan fingerprint density at radius 1 is 0.900 bits per heavy atom. The molecule has 0 nitrogen and oxygen atoms in total. The molecule has 0 aliphatic rings. The van der Waals surface area contributed by atoms with Gasteiger partial charge < -0.3 is 0 Å². The first-order chi connectivity index (χ1) is 4.91. The van der Waals surface area contributed by atoms with Crippen molar-refractivity contribution in [2.24, 2.45) is 0 Å². The van der Waals surface area contributed by atoms with Gasteiger partial charge in [-0.05, 0) is 0 Å². The van der Waals surface area contributed by atoms with E-state index in [1.807, 2.05) is 0 Å². The highest BCUT2D eigenvalue weighted by atomic mass is 33.1. The van der Waals surface area contributed by atoms with Crippen LogP contribution in [0.1, 0.15) is 12.8 Å². The van der Waals surface area contributed by atoms with E-state index in [0.717, 1.165) is 24.3 Å². The van der Waals surface area contributed by atoms with Crippen molar-refractivity contribution in [1.29, 1.82) is 0 Å². The van der Waals surface area contributed by atoms with E-state index in [2.05, 4.69) is 11.8 Å². The lowest BCUT2D eigenvalue weighted by molar-refractivity contribution is 1.30. The molecule has 0 aromatic carbocycles. The van der Waals surface area contributed by atoms with Crippen molar-refractivity contribution < 1.29 is 0 Å². The molecule has 0 aromatic rings. The Labute approximate surface area is 70.9 Å². The average molecular weight is 170 g/mol. The highest BCUT2D eigenvalue weighted by Crippen LogP contribution is 2.21. The van der Waals surface area contributed by atoms with Crippen molar-refractivity contribution in [2.75, 3.05) is 11.5 Å². The highest BCUT2D eigenvalue weighted by Gasteiger charge is 1.86. The quantitative estimate of drug-likeness (QED) is 0.353. The van der Waals surface area contributed by atoms with Crippen LogP contribution < -0.4 is 0 Å². The lowest BCUT2D eigenvalue weighted by Gasteiger charge is -1.93. The second-order valence-electron chi connectivity index (χ2n) is 1.55. The van der Waals surface area contributed by atoms with Gasteiger partial charge in [-0.1, -0.05) is 21.6 Å². The van der Waals surface area contributed by atoms with Gasteiger partial charge in [-0.15, -0.1) is 24.7 Å². The second kappa shape index (κ2) is 8.82. The molecule has 10 heavy (non-hydrogen) atoms. The zero-order valence-electron chi connectivity index (χ0n) is 5.80. The van der Waals surface area contributed by atoms with Gasteiger partial charge >= 0.3 is 0 Å². The first-order valence-corrected chi connectivity index (χ1v) is 5.52. The molecule has 0 radical (unpaired) electrons. The van der Waals surface area contributed by atoms with Crippen LogP contribution in [0.4, 0.5) is 0 Å². The summed E-state index contributed by atoms with van der Waals surface area (Å²) in [6.45, 7) is 0. The third-order valence-electron chi connectivity index (χ3n) is 0.743. The Balaban J connectivity index is 2.80. The zero-order valence-corrected chi connectivity index (χ0v) is 7.43. The minimum Gasteiger partial charge on any atom is -0.120 e. The van der Waals surface area contributed by atoms with Gasteiger partial charge in [0.15, 0.2) is 0 Å². The first-order valence-electron chi connectivity index (χ1n) is 3.03.